The van der Waals surface area contributed by atoms with E-state index in [-0.39, 0.29) is 36.4 Å². The molecule has 0 spiro atoms. The normalized spacial score (nSPS) is 13.6. The van der Waals surface area contributed by atoms with Crippen LogP contribution in [0.4, 0.5) is 0 Å². The Bertz CT molecular complexity index is 773. The van der Waals surface area contributed by atoms with Gasteiger partial charge in [-0.25, -0.2) is 4.99 Å². The van der Waals surface area contributed by atoms with Gasteiger partial charge >= 0.3 is 0 Å². The van der Waals surface area contributed by atoms with E-state index < -0.39 is 0 Å². The summed E-state index contributed by atoms with van der Waals surface area (Å²) in [5.41, 5.74) is 3.68. The van der Waals surface area contributed by atoms with Crippen LogP contribution < -0.4 is 10.6 Å². The van der Waals surface area contributed by atoms with Gasteiger partial charge in [0.2, 0.25) is 5.91 Å². The Hall–Kier alpha value is -1.61. The molecule has 2 aromatic rings. The van der Waals surface area contributed by atoms with Crippen molar-refractivity contribution in [1.29, 1.82) is 0 Å². The van der Waals surface area contributed by atoms with Gasteiger partial charge in [-0.3, -0.25) is 4.79 Å². The molecule has 5 nitrogen and oxygen atoms in total. The van der Waals surface area contributed by atoms with Gasteiger partial charge in [0, 0.05) is 24.5 Å². The number of aryl methyl sites for hydroxylation is 1. The number of carbonyl (C=O) groups excluding carboxylic acids is 1. The Labute approximate surface area is 182 Å². The first-order valence-electron chi connectivity index (χ1n) is 9.06. The minimum Gasteiger partial charge on any atom is -0.357 e. The standard InChI is InChI=1S/C20H26N4OS.HI/c1-3-21-20(22-12-16-6-4-15(2)5-7-16)23-13-19(25)24-10-8-18-17(14-24)9-11-26-18;/h4-7,9,11H,3,8,10,12-14H2,1-2H3,(H2,21,22,23);1H. The zero-order valence-corrected chi connectivity index (χ0v) is 19.0. The number of aliphatic imine (C=N–C) groups is 1. The van der Waals surface area contributed by atoms with Crippen LogP contribution in [0.25, 0.3) is 0 Å². The van der Waals surface area contributed by atoms with Gasteiger partial charge in [-0.05, 0) is 42.8 Å². The summed E-state index contributed by atoms with van der Waals surface area (Å²) in [5, 5.41) is 8.48. The van der Waals surface area contributed by atoms with Gasteiger partial charge in [0.25, 0.3) is 0 Å². The number of nitrogens with zero attached hydrogens (tertiary/aromatic N) is 2. The lowest BCUT2D eigenvalue weighted by Gasteiger charge is -2.27. The fourth-order valence-electron chi connectivity index (χ4n) is 2.94. The Balaban J connectivity index is 0.00000261. The predicted molar refractivity (Wildman–Crippen MR) is 123 cm³/mol. The van der Waals surface area contributed by atoms with E-state index >= 15 is 0 Å². The van der Waals surface area contributed by atoms with E-state index in [1.165, 1.54) is 16.0 Å². The van der Waals surface area contributed by atoms with E-state index in [0.29, 0.717) is 12.5 Å². The van der Waals surface area contributed by atoms with Crippen LogP contribution in [0, 0.1) is 6.92 Å². The number of rotatable bonds is 5. The van der Waals surface area contributed by atoms with Crippen molar-refractivity contribution in [2.75, 3.05) is 19.6 Å². The van der Waals surface area contributed by atoms with Crippen molar-refractivity contribution in [1.82, 2.24) is 15.5 Å². The van der Waals surface area contributed by atoms with E-state index in [1.54, 1.807) is 11.3 Å². The molecule has 7 heteroatoms. The van der Waals surface area contributed by atoms with Crippen molar-refractivity contribution in [2.24, 2.45) is 4.99 Å². The highest BCUT2D eigenvalue weighted by Crippen LogP contribution is 2.23. The fraction of sp³-hybridized carbons (Fsp3) is 0.400. The summed E-state index contributed by atoms with van der Waals surface area (Å²) in [7, 11) is 0. The molecule has 1 aliphatic heterocycles. The average Bonchev–Trinajstić information content (AvgIpc) is 3.12. The summed E-state index contributed by atoms with van der Waals surface area (Å²) in [6, 6.07) is 10.5. The van der Waals surface area contributed by atoms with Gasteiger partial charge in [0.1, 0.15) is 0 Å². The van der Waals surface area contributed by atoms with E-state index in [0.717, 1.165) is 31.6 Å². The third-order valence-electron chi connectivity index (χ3n) is 4.45. The maximum Gasteiger partial charge on any atom is 0.242 e. The van der Waals surface area contributed by atoms with Gasteiger partial charge < -0.3 is 15.5 Å². The molecule has 0 bridgehead atoms. The lowest BCUT2D eigenvalue weighted by atomic mass is 10.1. The lowest BCUT2D eigenvalue weighted by Crippen LogP contribution is -2.45. The average molecular weight is 498 g/mol. The highest BCUT2D eigenvalue weighted by molar-refractivity contribution is 14.0. The van der Waals surface area contributed by atoms with Crippen LogP contribution in [-0.4, -0.2) is 36.4 Å². The quantitative estimate of drug-likeness (QED) is 0.378. The summed E-state index contributed by atoms with van der Waals surface area (Å²) in [6.45, 7) is 7.22. The zero-order valence-electron chi connectivity index (χ0n) is 15.8. The molecule has 0 saturated carbocycles. The number of hydrogen-bond donors (Lipinski definition) is 2. The molecule has 0 fully saturated rings. The number of halogens is 1. The molecule has 3 rings (SSSR count). The molecule has 0 radical (unpaired) electrons. The number of guanidine groups is 1. The van der Waals surface area contributed by atoms with Crippen LogP contribution in [0.3, 0.4) is 0 Å². The van der Waals surface area contributed by atoms with Crippen molar-refractivity contribution >= 4 is 47.2 Å². The smallest absolute Gasteiger partial charge is 0.242 e. The summed E-state index contributed by atoms with van der Waals surface area (Å²) in [4.78, 5) is 20.5. The maximum absolute atomic E-state index is 12.5. The maximum atomic E-state index is 12.5. The second kappa shape index (κ2) is 10.7. The molecule has 1 amide bonds. The first-order chi connectivity index (χ1) is 12.7. The van der Waals surface area contributed by atoms with Crippen LogP contribution in [0.2, 0.25) is 0 Å². The highest BCUT2D eigenvalue weighted by atomic mass is 127. The Morgan fingerprint density at radius 1 is 1.22 bits per heavy atom. The Morgan fingerprint density at radius 3 is 2.74 bits per heavy atom. The van der Waals surface area contributed by atoms with Crippen LogP contribution in [0.1, 0.15) is 28.5 Å². The van der Waals surface area contributed by atoms with Crippen LogP contribution in [-0.2, 0) is 24.3 Å². The third kappa shape index (κ3) is 6.21. The fourth-order valence-corrected chi connectivity index (χ4v) is 3.83. The molecule has 1 aromatic carbocycles. The van der Waals surface area contributed by atoms with E-state index in [1.807, 2.05) is 11.8 Å². The van der Waals surface area contributed by atoms with Crippen molar-refractivity contribution in [2.45, 2.75) is 33.4 Å². The van der Waals surface area contributed by atoms with Gasteiger partial charge in [-0.2, -0.15) is 0 Å². The summed E-state index contributed by atoms with van der Waals surface area (Å²) in [5.74, 6) is 0.789. The number of thiophene rings is 1. The SMILES string of the molecule is CCNC(=NCc1ccc(C)cc1)NCC(=O)N1CCc2sccc2C1.I. The van der Waals surface area contributed by atoms with Gasteiger partial charge in [0.05, 0.1) is 13.1 Å². The molecule has 0 aliphatic carbocycles. The number of carbonyl (C=O) groups is 1. The molecule has 0 unspecified atom stereocenters. The van der Waals surface area contributed by atoms with Crippen molar-refractivity contribution in [3.05, 3.63) is 57.3 Å². The molecule has 146 valence electrons. The number of hydrogen-bond acceptors (Lipinski definition) is 3. The van der Waals surface area contributed by atoms with Crippen molar-refractivity contribution < 1.29 is 4.79 Å². The topological polar surface area (TPSA) is 56.7 Å². The molecule has 27 heavy (non-hydrogen) atoms. The molecule has 0 saturated heterocycles. The molecular formula is C20H27IN4OS. The first kappa shape index (κ1) is 21.7. The van der Waals surface area contributed by atoms with E-state index in [2.05, 4.69) is 58.3 Å². The first-order valence-corrected chi connectivity index (χ1v) is 9.94. The monoisotopic (exact) mass is 498 g/mol. The van der Waals surface area contributed by atoms with Crippen molar-refractivity contribution in [3.8, 4) is 0 Å². The third-order valence-corrected chi connectivity index (χ3v) is 5.48. The Morgan fingerprint density at radius 2 is 2.00 bits per heavy atom. The van der Waals surface area contributed by atoms with Gasteiger partial charge in [0.15, 0.2) is 5.96 Å². The number of nitrogens with one attached hydrogen (secondary N) is 2. The highest BCUT2D eigenvalue weighted by Gasteiger charge is 2.21. The molecule has 2 N–H and O–H groups in total. The molecule has 2 heterocycles. The summed E-state index contributed by atoms with van der Waals surface area (Å²) >= 11 is 1.79. The van der Waals surface area contributed by atoms with Gasteiger partial charge in [-0.15, -0.1) is 35.3 Å². The molecule has 1 aliphatic rings. The molecular weight excluding hydrogens is 471 g/mol. The van der Waals surface area contributed by atoms with E-state index in [4.69, 9.17) is 0 Å². The second-order valence-corrected chi connectivity index (χ2v) is 7.47. The van der Waals surface area contributed by atoms with E-state index in [9.17, 15) is 4.79 Å². The van der Waals surface area contributed by atoms with Gasteiger partial charge in [-0.1, -0.05) is 29.8 Å². The van der Waals surface area contributed by atoms with Crippen LogP contribution in [0.5, 0.6) is 0 Å². The largest absolute Gasteiger partial charge is 0.357 e. The second-order valence-electron chi connectivity index (χ2n) is 6.47. The minimum atomic E-state index is 0. The molecule has 0 atom stereocenters. The number of benzene rings is 1. The summed E-state index contributed by atoms with van der Waals surface area (Å²) < 4.78 is 0. The molecule has 1 aromatic heterocycles. The number of amides is 1. The predicted octanol–water partition coefficient (Wildman–Crippen LogP) is 3.31. The zero-order chi connectivity index (χ0) is 18.4. The Kier molecular flexibility index (Phi) is 8.56. The lowest BCUT2D eigenvalue weighted by molar-refractivity contribution is -0.130. The number of fused-ring (bicyclic) bond motifs is 1. The van der Waals surface area contributed by atoms with Crippen LogP contribution >= 0.6 is 35.3 Å². The van der Waals surface area contributed by atoms with Crippen LogP contribution in [0.15, 0.2) is 40.7 Å². The summed E-state index contributed by atoms with van der Waals surface area (Å²) in [6.07, 6.45) is 0.959. The minimum absolute atomic E-state index is 0. The van der Waals surface area contributed by atoms with Crippen molar-refractivity contribution in [3.63, 3.8) is 0 Å².